The largest absolute Gasteiger partial charge is 1.00 e. The molecule has 4 aromatic rings. The Labute approximate surface area is 323 Å². The SMILES string of the molecule is CC1=Cc2c(-c3cc(C(F)(F)F)cc(C(F)(F)F)c3)cccc2[CH]1[Zr+2]([CH]1C(C)=Cc2c(-c3cc(C(F)(F)F)cc(C(F)(F)F)c3)cccc21)=[Si](C)C.[Cl-].[Cl-]. The molecule has 2 aliphatic rings. The van der Waals surface area contributed by atoms with Gasteiger partial charge in [0.2, 0.25) is 0 Å². The minimum atomic E-state index is -5.02. The van der Waals surface area contributed by atoms with Crippen molar-refractivity contribution in [1.82, 2.24) is 0 Å². The van der Waals surface area contributed by atoms with Crippen molar-refractivity contribution in [2.75, 3.05) is 0 Å². The van der Waals surface area contributed by atoms with Gasteiger partial charge in [-0.1, -0.05) is 0 Å². The van der Waals surface area contributed by atoms with E-state index >= 15 is 0 Å². The van der Waals surface area contributed by atoms with Crippen LogP contribution in [-0.4, -0.2) is 5.43 Å². The molecule has 0 spiro atoms. The molecule has 0 amide bonds. The van der Waals surface area contributed by atoms with Gasteiger partial charge < -0.3 is 24.8 Å². The van der Waals surface area contributed by atoms with Crippen LogP contribution in [0.25, 0.3) is 34.4 Å². The Kier molecular flexibility index (Phi) is 12.4. The number of alkyl halides is 12. The molecule has 0 radical (unpaired) electrons. The third-order valence-corrected chi connectivity index (χ3v) is 29.5. The number of hydrogen-bond donors (Lipinski definition) is 0. The first kappa shape index (κ1) is 43.9. The molecule has 16 heteroatoms. The van der Waals surface area contributed by atoms with E-state index in [1.54, 1.807) is 12.1 Å². The normalized spacial score (nSPS) is 16.6. The Morgan fingerprint density at radius 1 is 0.481 bits per heavy atom. The van der Waals surface area contributed by atoms with Gasteiger partial charge in [0, 0.05) is 0 Å². The van der Waals surface area contributed by atoms with Crippen molar-refractivity contribution < 1.29 is 97.9 Å². The number of allylic oxidation sites excluding steroid dienone is 2. The average Bonchev–Trinajstić information content (AvgIpc) is 3.54. The van der Waals surface area contributed by atoms with E-state index in [1.165, 1.54) is 12.1 Å². The first-order chi connectivity index (χ1) is 24.0. The van der Waals surface area contributed by atoms with Crippen LogP contribution in [-0.2, 0) is 45.1 Å². The van der Waals surface area contributed by atoms with Crippen LogP contribution in [0.15, 0.2) is 83.9 Å². The molecule has 4 aromatic carbocycles. The van der Waals surface area contributed by atoms with Crippen LogP contribution in [0, 0.1) is 0 Å². The van der Waals surface area contributed by atoms with E-state index < -0.39 is 72.8 Å². The van der Waals surface area contributed by atoms with Gasteiger partial charge >= 0.3 is 300 Å². The maximum atomic E-state index is 13.8. The van der Waals surface area contributed by atoms with Gasteiger partial charge in [-0.05, 0) is 0 Å². The molecule has 0 N–H and O–H groups in total. The summed E-state index contributed by atoms with van der Waals surface area (Å²) in [6.07, 6.45) is -16.4. The Balaban J connectivity index is 0.00000325. The van der Waals surface area contributed by atoms with Crippen LogP contribution >= 0.6 is 0 Å². The van der Waals surface area contributed by atoms with Gasteiger partial charge in [-0.3, -0.25) is 0 Å². The van der Waals surface area contributed by atoms with Crippen molar-refractivity contribution in [3.05, 3.63) is 128 Å². The summed E-state index contributed by atoms with van der Waals surface area (Å²) in [6.45, 7) is 8.07. The number of fused-ring (bicyclic) bond motifs is 2. The molecular formula is C38H28Cl2F12SiZr. The average molecular weight is 903 g/mol. The molecule has 2 unspecified atom stereocenters. The fraction of sp³-hybridized carbons (Fsp3) is 0.263. The maximum Gasteiger partial charge on any atom is -1.00 e. The first-order valence-electron chi connectivity index (χ1n) is 15.9. The fourth-order valence-electron chi connectivity index (χ4n) is 7.40. The topological polar surface area (TPSA) is 0 Å². The molecule has 0 fully saturated rings. The predicted molar refractivity (Wildman–Crippen MR) is 174 cm³/mol. The summed E-state index contributed by atoms with van der Waals surface area (Å²) in [5.74, 6) is 0. The van der Waals surface area contributed by atoms with Crippen molar-refractivity contribution in [2.45, 2.75) is 58.9 Å². The zero-order valence-corrected chi connectivity index (χ0v) is 33.5. The molecule has 0 aliphatic heterocycles. The third-order valence-electron chi connectivity index (χ3n) is 9.55. The number of benzene rings is 4. The van der Waals surface area contributed by atoms with Crippen molar-refractivity contribution in [2.24, 2.45) is 0 Å². The molecule has 0 saturated carbocycles. The molecule has 0 aromatic heterocycles. The van der Waals surface area contributed by atoms with Crippen LogP contribution in [0.1, 0.15) is 65.6 Å². The zero-order chi connectivity index (χ0) is 38.3. The smallest absolute Gasteiger partial charge is 1.00 e. The molecule has 0 nitrogen and oxygen atoms in total. The summed E-state index contributed by atoms with van der Waals surface area (Å²) < 4.78 is 165. The second kappa shape index (κ2) is 15.3. The molecule has 0 saturated heterocycles. The Bertz CT molecular complexity index is 1990. The zero-order valence-electron chi connectivity index (χ0n) is 28.5. The maximum absolute atomic E-state index is 13.8. The molecule has 0 heterocycles. The van der Waals surface area contributed by atoms with Gasteiger partial charge in [-0.25, -0.2) is 0 Å². The van der Waals surface area contributed by atoms with E-state index in [2.05, 4.69) is 13.1 Å². The minimum Gasteiger partial charge on any atom is -1.00 e. The quantitative estimate of drug-likeness (QED) is 0.147. The molecule has 2 atom stereocenters. The van der Waals surface area contributed by atoms with Crippen molar-refractivity contribution in [3.8, 4) is 22.3 Å². The van der Waals surface area contributed by atoms with Gasteiger partial charge in [0.1, 0.15) is 0 Å². The van der Waals surface area contributed by atoms with Crippen LogP contribution in [0.4, 0.5) is 52.7 Å². The Morgan fingerprint density at radius 3 is 1.04 bits per heavy atom. The van der Waals surface area contributed by atoms with E-state index in [-0.39, 0.29) is 66.5 Å². The van der Waals surface area contributed by atoms with Crippen LogP contribution in [0.2, 0.25) is 13.1 Å². The van der Waals surface area contributed by atoms with E-state index in [1.807, 2.05) is 38.1 Å². The van der Waals surface area contributed by atoms with Crippen molar-refractivity contribution >= 4 is 17.6 Å². The van der Waals surface area contributed by atoms with Gasteiger partial charge in [0.15, 0.2) is 0 Å². The summed E-state index contributed by atoms with van der Waals surface area (Å²) in [6, 6.07) is 13.0. The molecule has 2 aliphatic carbocycles. The second-order valence-electron chi connectivity index (χ2n) is 13.3. The Hall–Kier alpha value is -2.80. The standard InChI is InChI=1S/2C18H11F6.C2H6Si.2ClH.Zr/c2*1-10-5-11-3-2-4-15(16(11)6-10)12-7-13(17(19,20)21)9-14(8-12)18(22,23)24;1-3-2;;;/h2*2-9H,1H3;1-2H3;2*1H;/q;;;;;+2/p-2. The molecule has 0 bridgehead atoms. The minimum absolute atomic E-state index is 0. The number of hydrogen-bond acceptors (Lipinski definition) is 0. The first-order valence-corrected chi connectivity index (χ1v) is 24.9. The second-order valence-corrected chi connectivity index (χ2v) is 31.2. The summed E-state index contributed by atoms with van der Waals surface area (Å²) in [5, 5.41) is 0. The van der Waals surface area contributed by atoms with Gasteiger partial charge in [-0.2, -0.15) is 0 Å². The van der Waals surface area contributed by atoms with E-state index in [4.69, 9.17) is 0 Å². The van der Waals surface area contributed by atoms with Crippen LogP contribution < -0.4 is 24.8 Å². The van der Waals surface area contributed by atoms with E-state index in [0.29, 0.717) is 11.1 Å². The summed E-state index contributed by atoms with van der Waals surface area (Å²) in [4.78, 5) is 0. The summed E-state index contributed by atoms with van der Waals surface area (Å²) >= 11 is -2.95. The van der Waals surface area contributed by atoms with E-state index in [0.717, 1.165) is 46.5 Å². The van der Waals surface area contributed by atoms with Crippen LogP contribution in [0.5, 0.6) is 0 Å². The third kappa shape index (κ3) is 8.32. The predicted octanol–water partition coefficient (Wildman–Crippen LogP) is 7.59. The molecule has 6 rings (SSSR count). The molecular weight excluding hydrogens is 875 g/mol. The van der Waals surface area contributed by atoms with Gasteiger partial charge in [-0.15, -0.1) is 0 Å². The molecule has 286 valence electrons. The fourth-order valence-corrected chi connectivity index (χ4v) is 28.1. The number of rotatable bonds is 4. The summed E-state index contributed by atoms with van der Waals surface area (Å²) in [7, 11) is 0. The van der Waals surface area contributed by atoms with Crippen molar-refractivity contribution in [3.63, 3.8) is 0 Å². The Morgan fingerprint density at radius 2 is 0.778 bits per heavy atom. The monoisotopic (exact) mass is 900 g/mol. The number of halogens is 14. The summed E-state index contributed by atoms with van der Waals surface area (Å²) in [5.41, 5.74) is -2.30. The molecule has 54 heavy (non-hydrogen) atoms. The van der Waals surface area contributed by atoms with Gasteiger partial charge in [0.05, 0.1) is 0 Å². The van der Waals surface area contributed by atoms with Gasteiger partial charge in [0.25, 0.3) is 0 Å². The van der Waals surface area contributed by atoms with Crippen molar-refractivity contribution in [1.29, 1.82) is 0 Å². The van der Waals surface area contributed by atoms with Crippen LogP contribution in [0.3, 0.4) is 0 Å². The van der Waals surface area contributed by atoms with E-state index in [9.17, 15) is 52.7 Å².